The van der Waals surface area contributed by atoms with Crippen LogP contribution in [0.15, 0.2) is 18.2 Å². The molecule has 1 saturated heterocycles. The van der Waals surface area contributed by atoms with Crippen molar-refractivity contribution in [1.82, 2.24) is 10.6 Å². The van der Waals surface area contributed by atoms with Gasteiger partial charge >= 0.3 is 0 Å². The molecule has 1 amide bonds. The Hall–Kier alpha value is -1.49. The van der Waals surface area contributed by atoms with Gasteiger partial charge in [0, 0.05) is 18.2 Å². The summed E-state index contributed by atoms with van der Waals surface area (Å²) < 4.78 is 26.2. The van der Waals surface area contributed by atoms with Crippen LogP contribution in [0.2, 0.25) is 0 Å². The maximum atomic E-state index is 13.3. The van der Waals surface area contributed by atoms with Crippen molar-refractivity contribution in [1.29, 1.82) is 0 Å². The normalized spacial score (nSPS) is 19.3. The number of hydrogen-bond donors (Lipinski definition) is 2. The summed E-state index contributed by atoms with van der Waals surface area (Å²) in [5.74, 6) is -2.13. The van der Waals surface area contributed by atoms with Gasteiger partial charge in [0.05, 0.1) is 6.42 Å². The molecule has 1 aliphatic rings. The largest absolute Gasteiger partial charge is 0.352 e. The van der Waals surface area contributed by atoms with Crippen LogP contribution in [-0.2, 0) is 11.2 Å². The van der Waals surface area contributed by atoms with Crippen molar-refractivity contribution in [3.63, 3.8) is 0 Å². The van der Waals surface area contributed by atoms with Gasteiger partial charge in [0.25, 0.3) is 0 Å². The summed E-state index contributed by atoms with van der Waals surface area (Å²) in [4.78, 5) is 11.6. The van der Waals surface area contributed by atoms with Crippen molar-refractivity contribution in [2.24, 2.45) is 0 Å². The molecule has 1 atom stereocenters. The third-order valence-corrected chi connectivity index (χ3v) is 2.81. The molecule has 2 N–H and O–H groups in total. The number of rotatable bonds is 3. The zero-order valence-corrected chi connectivity index (χ0v) is 9.30. The topological polar surface area (TPSA) is 41.1 Å². The van der Waals surface area contributed by atoms with E-state index in [1.165, 1.54) is 12.1 Å². The predicted octanol–water partition coefficient (Wildman–Crippen LogP) is 0.985. The first-order valence-corrected chi connectivity index (χ1v) is 5.60. The first-order chi connectivity index (χ1) is 8.16. The van der Waals surface area contributed by atoms with Gasteiger partial charge in [-0.05, 0) is 19.0 Å². The fourth-order valence-corrected chi connectivity index (χ4v) is 1.91. The Bertz CT molecular complexity index is 417. The van der Waals surface area contributed by atoms with Crippen LogP contribution in [0.1, 0.15) is 12.0 Å². The zero-order valence-electron chi connectivity index (χ0n) is 9.30. The number of carbonyl (C=O) groups is 1. The predicted molar refractivity (Wildman–Crippen MR) is 59.5 cm³/mol. The van der Waals surface area contributed by atoms with E-state index in [0.717, 1.165) is 25.6 Å². The molecule has 0 bridgehead atoms. The number of hydrogen-bond acceptors (Lipinski definition) is 2. The molecule has 92 valence electrons. The van der Waals surface area contributed by atoms with Crippen molar-refractivity contribution in [3.8, 4) is 0 Å². The molecule has 0 radical (unpaired) electrons. The van der Waals surface area contributed by atoms with Gasteiger partial charge in [0.2, 0.25) is 5.91 Å². The van der Waals surface area contributed by atoms with Gasteiger partial charge < -0.3 is 10.6 Å². The molecule has 0 aromatic heterocycles. The van der Waals surface area contributed by atoms with Crippen molar-refractivity contribution in [3.05, 3.63) is 35.4 Å². The highest BCUT2D eigenvalue weighted by Crippen LogP contribution is 2.12. The summed E-state index contributed by atoms with van der Waals surface area (Å²) in [6.07, 6.45) is 0.747. The van der Waals surface area contributed by atoms with Gasteiger partial charge in [0.15, 0.2) is 11.6 Å². The molecule has 1 aromatic rings. The highest BCUT2D eigenvalue weighted by Gasteiger charge is 2.18. The Morgan fingerprint density at radius 3 is 3.00 bits per heavy atom. The van der Waals surface area contributed by atoms with E-state index in [1.807, 2.05) is 0 Å². The van der Waals surface area contributed by atoms with Crippen molar-refractivity contribution in [2.45, 2.75) is 18.9 Å². The first kappa shape index (κ1) is 12.0. The maximum absolute atomic E-state index is 13.3. The number of amides is 1. The van der Waals surface area contributed by atoms with Crippen LogP contribution in [0.3, 0.4) is 0 Å². The molecule has 1 unspecified atom stereocenters. The number of carbonyl (C=O) groups excluding carboxylic acids is 1. The fourth-order valence-electron chi connectivity index (χ4n) is 1.91. The van der Waals surface area contributed by atoms with Gasteiger partial charge in [0.1, 0.15) is 0 Å². The van der Waals surface area contributed by atoms with E-state index in [4.69, 9.17) is 0 Å². The SMILES string of the molecule is O=C(Cc1cccc(F)c1F)NC1CCNC1. The molecular weight excluding hydrogens is 226 g/mol. The summed E-state index contributed by atoms with van der Waals surface area (Å²) in [6.45, 7) is 1.61. The average molecular weight is 240 g/mol. The molecule has 0 saturated carbocycles. The minimum absolute atomic E-state index is 0.0912. The summed E-state index contributed by atoms with van der Waals surface area (Å²) in [6, 6.07) is 3.96. The molecule has 1 heterocycles. The Morgan fingerprint density at radius 1 is 1.47 bits per heavy atom. The summed E-state index contributed by atoms with van der Waals surface area (Å²) in [5.41, 5.74) is 0.0912. The third kappa shape index (κ3) is 3.00. The van der Waals surface area contributed by atoms with Gasteiger partial charge in [-0.15, -0.1) is 0 Å². The van der Waals surface area contributed by atoms with Crippen LogP contribution >= 0.6 is 0 Å². The molecule has 17 heavy (non-hydrogen) atoms. The fraction of sp³-hybridized carbons (Fsp3) is 0.417. The van der Waals surface area contributed by atoms with E-state index in [-0.39, 0.29) is 23.9 Å². The Kier molecular flexibility index (Phi) is 3.68. The minimum Gasteiger partial charge on any atom is -0.352 e. The molecule has 3 nitrogen and oxygen atoms in total. The van der Waals surface area contributed by atoms with Gasteiger partial charge in [-0.3, -0.25) is 4.79 Å². The van der Waals surface area contributed by atoms with Gasteiger partial charge in [-0.25, -0.2) is 8.78 Å². The van der Waals surface area contributed by atoms with Gasteiger partial charge in [-0.1, -0.05) is 12.1 Å². The molecule has 1 fully saturated rings. The van der Waals surface area contributed by atoms with Crippen molar-refractivity contribution < 1.29 is 13.6 Å². The second-order valence-electron chi connectivity index (χ2n) is 4.15. The number of halogens is 2. The van der Waals surface area contributed by atoms with Crippen LogP contribution in [0.5, 0.6) is 0 Å². The third-order valence-electron chi connectivity index (χ3n) is 2.81. The van der Waals surface area contributed by atoms with Crippen LogP contribution in [0.4, 0.5) is 8.78 Å². The highest BCUT2D eigenvalue weighted by atomic mass is 19.2. The molecule has 2 rings (SSSR count). The summed E-state index contributed by atoms with van der Waals surface area (Å²) in [5, 5.41) is 5.90. The Labute approximate surface area is 98.2 Å². The van der Waals surface area contributed by atoms with Crippen LogP contribution < -0.4 is 10.6 Å². The smallest absolute Gasteiger partial charge is 0.224 e. The molecule has 0 spiro atoms. The van der Waals surface area contributed by atoms with E-state index in [0.29, 0.717) is 0 Å². The van der Waals surface area contributed by atoms with Crippen molar-refractivity contribution >= 4 is 5.91 Å². The Balaban J connectivity index is 1.95. The second kappa shape index (κ2) is 5.23. The molecule has 0 aliphatic carbocycles. The second-order valence-corrected chi connectivity index (χ2v) is 4.15. The van der Waals surface area contributed by atoms with Crippen LogP contribution in [0, 0.1) is 11.6 Å². The Morgan fingerprint density at radius 2 is 2.29 bits per heavy atom. The number of nitrogens with one attached hydrogen (secondary N) is 2. The quantitative estimate of drug-likeness (QED) is 0.827. The van der Waals surface area contributed by atoms with E-state index < -0.39 is 11.6 Å². The maximum Gasteiger partial charge on any atom is 0.224 e. The lowest BCUT2D eigenvalue weighted by molar-refractivity contribution is -0.121. The molecule has 1 aromatic carbocycles. The van der Waals surface area contributed by atoms with E-state index in [9.17, 15) is 13.6 Å². The molecule has 1 aliphatic heterocycles. The lowest BCUT2D eigenvalue weighted by atomic mass is 10.1. The summed E-state index contributed by atoms with van der Waals surface area (Å²) in [7, 11) is 0. The lowest BCUT2D eigenvalue weighted by Crippen LogP contribution is -2.37. The number of benzene rings is 1. The molecular formula is C12H14F2N2O. The van der Waals surface area contributed by atoms with E-state index in [1.54, 1.807) is 0 Å². The van der Waals surface area contributed by atoms with Crippen LogP contribution in [-0.4, -0.2) is 25.0 Å². The van der Waals surface area contributed by atoms with E-state index >= 15 is 0 Å². The standard InChI is InChI=1S/C12H14F2N2O/c13-10-3-1-2-8(12(10)14)6-11(17)16-9-4-5-15-7-9/h1-3,9,15H,4-7H2,(H,16,17). The average Bonchev–Trinajstić information content (AvgIpc) is 2.77. The first-order valence-electron chi connectivity index (χ1n) is 5.60. The van der Waals surface area contributed by atoms with Crippen molar-refractivity contribution in [2.75, 3.05) is 13.1 Å². The van der Waals surface area contributed by atoms with Crippen LogP contribution in [0.25, 0.3) is 0 Å². The minimum atomic E-state index is -0.938. The molecule has 5 heteroatoms. The highest BCUT2D eigenvalue weighted by molar-refractivity contribution is 5.79. The van der Waals surface area contributed by atoms with Gasteiger partial charge in [-0.2, -0.15) is 0 Å². The summed E-state index contributed by atoms with van der Waals surface area (Å²) >= 11 is 0. The van der Waals surface area contributed by atoms with E-state index in [2.05, 4.69) is 10.6 Å². The lowest BCUT2D eigenvalue weighted by Gasteiger charge is -2.11. The zero-order chi connectivity index (χ0) is 12.3. The monoisotopic (exact) mass is 240 g/mol.